The lowest BCUT2D eigenvalue weighted by Crippen LogP contribution is -2.21. The summed E-state index contributed by atoms with van der Waals surface area (Å²) in [6.45, 7) is 3.54. The molecule has 3 rings (SSSR count). The predicted octanol–water partition coefficient (Wildman–Crippen LogP) is 1.88. The lowest BCUT2D eigenvalue weighted by molar-refractivity contribution is 0.882. The molecule has 0 saturated heterocycles. The van der Waals surface area contributed by atoms with Crippen LogP contribution in [0, 0.1) is 0 Å². The molecule has 0 aromatic heterocycles. The minimum atomic E-state index is -0.0762. The van der Waals surface area contributed by atoms with Gasteiger partial charge >= 0.3 is 0 Å². The van der Waals surface area contributed by atoms with Crippen molar-refractivity contribution in [3.8, 4) is 0 Å². The minimum absolute atomic E-state index is 0.0762. The van der Waals surface area contributed by atoms with Crippen LogP contribution in [0.15, 0.2) is 73.9 Å². The number of nitrogens with zero attached hydrogens (tertiary/aromatic N) is 4. The first kappa shape index (κ1) is 18.3. The average Bonchev–Trinajstić information content (AvgIpc) is 2.62. The van der Waals surface area contributed by atoms with Crippen LogP contribution in [-0.4, -0.2) is 25.4 Å². The van der Waals surface area contributed by atoms with Crippen LogP contribution in [0.2, 0.25) is 0 Å². The molecule has 0 saturated carbocycles. The van der Waals surface area contributed by atoms with E-state index in [0.717, 1.165) is 27.4 Å². The van der Waals surface area contributed by atoms with E-state index in [1.165, 1.54) is 4.90 Å². The second-order valence-electron chi connectivity index (χ2n) is 5.78. The van der Waals surface area contributed by atoms with E-state index in [9.17, 15) is 0 Å². The van der Waals surface area contributed by atoms with Crippen LogP contribution in [0.5, 0.6) is 0 Å². The number of hydrogen-bond donors (Lipinski definition) is 4. The number of nitrogens with two attached hydrogens (primary N) is 3. The second-order valence-corrected chi connectivity index (χ2v) is 6.86. The van der Waals surface area contributed by atoms with Gasteiger partial charge in [0.2, 0.25) is 5.96 Å². The number of anilines is 2. The van der Waals surface area contributed by atoms with Crippen molar-refractivity contribution in [2.24, 2.45) is 32.5 Å². The van der Waals surface area contributed by atoms with Gasteiger partial charge in [0.25, 0.3) is 0 Å². The molecule has 138 valence electrons. The molecule has 0 atom stereocenters. The standard InChI is InChI=1S/C18H20N8S/c1-11(19)24-22-9-12-3-5-16-14(7-12)26(2)15-8-13(4-6-17(15)27-16)10-23-25-18(20)21/h3-10,24H,1,19H2,2H3,(H4,20,21,25)/b22-9+,23-10+. The first-order valence-corrected chi connectivity index (χ1v) is 8.81. The Bertz CT molecular complexity index is 960. The number of benzene rings is 2. The van der Waals surface area contributed by atoms with Gasteiger partial charge in [0.05, 0.1) is 23.8 Å². The number of fused-ring (bicyclic) bond motifs is 2. The lowest BCUT2D eigenvalue weighted by atomic mass is 10.1. The van der Waals surface area contributed by atoms with E-state index in [0.29, 0.717) is 5.82 Å². The fourth-order valence-corrected chi connectivity index (χ4v) is 3.64. The highest BCUT2D eigenvalue weighted by Crippen LogP contribution is 2.47. The van der Waals surface area contributed by atoms with E-state index in [4.69, 9.17) is 17.2 Å². The van der Waals surface area contributed by atoms with Gasteiger partial charge < -0.3 is 22.1 Å². The highest BCUT2D eigenvalue weighted by molar-refractivity contribution is 7.99. The van der Waals surface area contributed by atoms with Crippen LogP contribution in [0.3, 0.4) is 0 Å². The summed E-state index contributed by atoms with van der Waals surface area (Å²) in [4.78, 5) is 4.46. The van der Waals surface area contributed by atoms with E-state index < -0.39 is 0 Å². The normalized spacial score (nSPS) is 12.7. The zero-order valence-corrected chi connectivity index (χ0v) is 15.6. The van der Waals surface area contributed by atoms with Crippen LogP contribution in [0.25, 0.3) is 0 Å². The molecule has 0 fully saturated rings. The Hall–Kier alpha value is -3.46. The minimum Gasteiger partial charge on any atom is -0.385 e. The first-order chi connectivity index (χ1) is 12.9. The zero-order chi connectivity index (χ0) is 19.4. The number of rotatable bonds is 5. The molecular formula is C18H20N8S. The average molecular weight is 380 g/mol. The number of hydrogen-bond acceptors (Lipinski definition) is 7. The summed E-state index contributed by atoms with van der Waals surface area (Å²) in [7, 11) is 2.02. The van der Waals surface area contributed by atoms with E-state index >= 15 is 0 Å². The smallest absolute Gasteiger partial charge is 0.211 e. The molecule has 1 aliphatic heterocycles. The van der Waals surface area contributed by atoms with Crippen molar-refractivity contribution in [1.29, 1.82) is 0 Å². The third kappa shape index (κ3) is 4.39. The van der Waals surface area contributed by atoms with E-state index in [1.54, 1.807) is 24.2 Å². The lowest BCUT2D eigenvalue weighted by Gasteiger charge is -2.30. The Morgan fingerprint density at radius 1 is 1.04 bits per heavy atom. The molecule has 0 aliphatic carbocycles. The van der Waals surface area contributed by atoms with Crippen molar-refractivity contribution < 1.29 is 0 Å². The topological polar surface area (TPSA) is 130 Å². The summed E-state index contributed by atoms with van der Waals surface area (Å²) in [6.07, 6.45) is 3.31. The van der Waals surface area contributed by atoms with Gasteiger partial charge in [-0.05, 0) is 35.4 Å². The van der Waals surface area contributed by atoms with Gasteiger partial charge in [-0.25, -0.2) is 0 Å². The largest absolute Gasteiger partial charge is 0.385 e. The summed E-state index contributed by atoms with van der Waals surface area (Å²) in [5.74, 6) is 0.216. The van der Waals surface area contributed by atoms with Gasteiger partial charge in [0.1, 0.15) is 5.82 Å². The predicted molar refractivity (Wildman–Crippen MR) is 113 cm³/mol. The van der Waals surface area contributed by atoms with Gasteiger partial charge in [0, 0.05) is 16.8 Å². The molecule has 0 amide bonds. The Kier molecular flexibility index (Phi) is 5.32. The van der Waals surface area contributed by atoms with Gasteiger partial charge in [-0.3, -0.25) is 5.43 Å². The molecule has 1 heterocycles. The van der Waals surface area contributed by atoms with Crippen LogP contribution in [0.4, 0.5) is 11.4 Å². The molecule has 0 radical (unpaired) electrons. The fraction of sp³-hybridized carbons (Fsp3) is 0.0556. The van der Waals surface area contributed by atoms with Crippen molar-refractivity contribution in [1.82, 2.24) is 5.43 Å². The monoisotopic (exact) mass is 380 g/mol. The van der Waals surface area contributed by atoms with Crippen molar-refractivity contribution >= 4 is 41.5 Å². The van der Waals surface area contributed by atoms with Crippen molar-refractivity contribution in [3.63, 3.8) is 0 Å². The number of hydrazone groups is 1. The van der Waals surface area contributed by atoms with E-state index in [1.807, 2.05) is 25.2 Å². The Morgan fingerprint density at radius 2 is 1.63 bits per heavy atom. The van der Waals surface area contributed by atoms with E-state index in [-0.39, 0.29) is 5.96 Å². The summed E-state index contributed by atoms with van der Waals surface area (Å²) in [5, 5.41) is 11.5. The highest BCUT2D eigenvalue weighted by Gasteiger charge is 2.21. The highest BCUT2D eigenvalue weighted by atomic mass is 32.2. The Balaban J connectivity index is 1.88. The molecule has 0 spiro atoms. The van der Waals surface area contributed by atoms with Crippen molar-refractivity contribution in [2.45, 2.75) is 9.79 Å². The van der Waals surface area contributed by atoms with Crippen LogP contribution in [-0.2, 0) is 0 Å². The molecule has 9 heteroatoms. The second kappa shape index (κ2) is 7.83. The maximum atomic E-state index is 5.44. The molecule has 0 bridgehead atoms. The molecule has 8 nitrogen and oxygen atoms in total. The molecule has 2 aromatic carbocycles. The molecule has 27 heavy (non-hydrogen) atoms. The fourth-order valence-electron chi connectivity index (χ4n) is 2.53. The van der Waals surface area contributed by atoms with Gasteiger partial charge in [-0.1, -0.05) is 30.5 Å². The molecule has 0 unspecified atom stereocenters. The van der Waals surface area contributed by atoms with Crippen molar-refractivity contribution in [2.75, 3.05) is 11.9 Å². The molecule has 1 aliphatic rings. The van der Waals surface area contributed by atoms with Gasteiger partial charge in [-0.15, -0.1) is 5.10 Å². The van der Waals surface area contributed by atoms with E-state index in [2.05, 4.69) is 50.4 Å². The molecular weight excluding hydrogens is 360 g/mol. The Morgan fingerprint density at radius 3 is 2.19 bits per heavy atom. The van der Waals surface area contributed by atoms with Crippen LogP contribution < -0.4 is 27.5 Å². The maximum Gasteiger partial charge on any atom is 0.211 e. The molecule has 7 N–H and O–H groups in total. The Labute approximate surface area is 161 Å². The summed E-state index contributed by atoms with van der Waals surface area (Å²) in [5.41, 5.74) is 22.6. The number of guanidine groups is 1. The summed E-state index contributed by atoms with van der Waals surface area (Å²) in [6, 6.07) is 12.2. The van der Waals surface area contributed by atoms with Crippen molar-refractivity contribution in [3.05, 3.63) is 59.9 Å². The van der Waals surface area contributed by atoms with Crippen LogP contribution >= 0.6 is 11.8 Å². The SMILES string of the molecule is C=C(N)N/N=C/c1ccc2c(c1)N(C)c1cc(/C=N/N=C(N)N)ccc1S2. The summed E-state index contributed by atoms with van der Waals surface area (Å²) >= 11 is 1.71. The zero-order valence-electron chi connectivity index (χ0n) is 14.8. The first-order valence-electron chi connectivity index (χ1n) is 7.99. The third-order valence-corrected chi connectivity index (χ3v) is 4.84. The quantitative estimate of drug-likeness (QED) is 0.356. The molecule has 2 aromatic rings. The number of nitrogens with one attached hydrogen (secondary N) is 1. The third-order valence-electron chi connectivity index (χ3n) is 3.71. The maximum absolute atomic E-state index is 5.44. The van der Waals surface area contributed by atoms with Gasteiger partial charge in [-0.2, -0.15) is 10.2 Å². The van der Waals surface area contributed by atoms with Gasteiger partial charge in [0.15, 0.2) is 0 Å². The van der Waals surface area contributed by atoms with Crippen LogP contribution in [0.1, 0.15) is 11.1 Å². The summed E-state index contributed by atoms with van der Waals surface area (Å²) < 4.78 is 0.